The fourth-order valence-corrected chi connectivity index (χ4v) is 3.88. The summed E-state index contributed by atoms with van der Waals surface area (Å²) in [6, 6.07) is 3.82. The van der Waals surface area contributed by atoms with E-state index < -0.39 is 10.2 Å². The quantitative estimate of drug-likeness (QED) is 0.652. The molecule has 1 heterocycles. The molecule has 0 saturated carbocycles. The van der Waals surface area contributed by atoms with Crippen LogP contribution >= 0.6 is 27.3 Å². The Morgan fingerprint density at radius 3 is 2.74 bits per heavy atom. The molecule has 0 amide bonds. The van der Waals surface area contributed by atoms with Gasteiger partial charge in [0.25, 0.3) is 10.2 Å². The monoisotopic (exact) mass is 369 g/mol. The van der Waals surface area contributed by atoms with Gasteiger partial charge in [0.2, 0.25) is 0 Å². The zero-order valence-electron chi connectivity index (χ0n) is 11.1. The summed E-state index contributed by atoms with van der Waals surface area (Å²) in [5, 5.41) is 3.17. The maximum absolute atomic E-state index is 12.0. The van der Waals surface area contributed by atoms with Crippen molar-refractivity contribution in [2.75, 3.05) is 26.7 Å². The van der Waals surface area contributed by atoms with Gasteiger partial charge in [0.15, 0.2) is 0 Å². The van der Waals surface area contributed by atoms with Crippen molar-refractivity contribution >= 4 is 37.5 Å². The molecule has 0 aliphatic carbocycles. The molecule has 19 heavy (non-hydrogen) atoms. The highest BCUT2D eigenvalue weighted by atomic mass is 79.9. The van der Waals surface area contributed by atoms with Crippen LogP contribution in [0.3, 0.4) is 0 Å². The van der Waals surface area contributed by atoms with E-state index in [1.54, 1.807) is 7.05 Å². The Balaban J connectivity index is 2.37. The van der Waals surface area contributed by atoms with E-state index in [1.807, 2.05) is 19.1 Å². The van der Waals surface area contributed by atoms with Crippen molar-refractivity contribution in [1.29, 1.82) is 0 Å². The van der Waals surface area contributed by atoms with Crippen LogP contribution in [0.1, 0.15) is 18.2 Å². The van der Waals surface area contributed by atoms with Crippen LogP contribution in [0.2, 0.25) is 0 Å². The third-order valence-electron chi connectivity index (χ3n) is 2.54. The van der Waals surface area contributed by atoms with E-state index in [4.69, 9.17) is 0 Å². The summed E-state index contributed by atoms with van der Waals surface area (Å²) in [7, 11) is -1.79. The van der Waals surface area contributed by atoms with E-state index in [2.05, 4.69) is 26.0 Å². The smallest absolute Gasteiger partial charge is 0.279 e. The summed E-state index contributed by atoms with van der Waals surface area (Å²) in [6.45, 7) is 4.60. The van der Waals surface area contributed by atoms with Crippen molar-refractivity contribution in [1.82, 2.24) is 14.3 Å². The number of hydrogen-bond donors (Lipinski definition) is 2. The lowest BCUT2D eigenvalue weighted by atomic mass is 10.4. The zero-order valence-corrected chi connectivity index (χ0v) is 14.4. The first kappa shape index (κ1) is 17.1. The molecule has 2 N–H and O–H groups in total. The number of thiophene rings is 1. The molecule has 110 valence electrons. The molecule has 8 heteroatoms. The molecule has 1 rings (SSSR count). The minimum atomic E-state index is -3.39. The molecule has 0 bridgehead atoms. The molecule has 0 aromatic carbocycles. The Morgan fingerprint density at radius 2 is 2.16 bits per heavy atom. The molecule has 0 spiro atoms. The lowest BCUT2D eigenvalue weighted by Gasteiger charge is -2.17. The first-order valence-corrected chi connectivity index (χ1v) is 9.16. The van der Waals surface area contributed by atoms with Crippen LogP contribution in [0.4, 0.5) is 0 Å². The van der Waals surface area contributed by atoms with Crippen molar-refractivity contribution in [2.24, 2.45) is 0 Å². The first-order chi connectivity index (χ1) is 8.95. The van der Waals surface area contributed by atoms with Crippen molar-refractivity contribution < 1.29 is 8.42 Å². The molecule has 0 radical (unpaired) electrons. The van der Waals surface area contributed by atoms with E-state index in [9.17, 15) is 8.42 Å². The van der Waals surface area contributed by atoms with Crippen molar-refractivity contribution in [3.05, 3.63) is 20.8 Å². The van der Waals surface area contributed by atoms with Crippen LogP contribution in [0.25, 0.3) is 0 Å². The Bertz CT molecular complexity index is 476. The third kappa shape index (κ3) is 6.33. The van der Waals surface area contributed by atoms with Gasteiger partial charge in [-0.15, -0.1) is 11.3 Å². The van der Waals surface area contributed by atoms with Crippen LogP contribution in [0.15, 0.2) is 15.9 Å². The van der Waals surface area contributed by atoms with Gasteiger partial charge < -0.3 is 5.32 Å². The largest absolute Gasteiger partial charge is 0.317 e. The van der Waals surface area contributed by atoms with Gasteiger partial charge in [0.05, 0.1) is 3.79 Å². The van der Waals surface area contributed by atoms with Gasteiger partial charge in [0, 0.05) is 25.0 Å². The van der Waals surface area contributed by atoms with Crippen LogP contribution < -0.4 is 10.0 Å². The summed E-state index contributed by atoms with van der Waals surface area (Å²) >= 11 is 4.88. The van der Waals surface area contributed by atoms with Crippen molar-refractivity contribution in [3.63, 3.8) is 0 Å². The maximum atomic E-state index is 12.0. The van der Waals surface area contributed by atoms with Crippen LogP contribution in [-0.4, -0.2) is 39.4 Å². The van der Waals surface area contributed by atoms with Gasteiger partial charge in [-0.3, -0.25) is 0 Å². The molecule has 0 saturated heterocycles. The number of halogens is 1. The van der Waals surface area contributed by atoms with E-state index in [0.717, 1.165) is 28.2 Å². The van der Waals surface area contributed by atoms with E-state index in [-0.39, 0.29) is 0 Å². The third-order valence-corrected chi connectivity index (χ3v) is 5.68. The van der Waals surface area contributed by atoms with Crippen molar-refractivity contribution in [2.45, 2.75) is 19.9 Å². The van der Waals surface area contributed by atoms with Crippen LogP contribution in [-0.2, 0) is 16.8 Å². The van der Waals surface area contributed by atoms with Gasteiger partial charge in [-0.2, -0.15) is 17.4 Å². The number of nitrogens with zero attached hydrogens (tertiary/aromatic N) is 1. The minimum absolute atomic E-state index is 0.330. The molecular formula is C11H20BrN3O2S2. The fraction of sp³-hybridized carbons (Fsp3) is 0.636. The Kier molecular flexibility index (Phi) is 7.48. The highest BCUT2D eigenvalue weighted by molar-refractivity contribution is 9.11. The molecule has 0 fully saturated rings. The number of hydrogen-bond acceptors (Lipinski definition) is 4. The van der Waals surface area contributed by atoms with Gasteiger partial charge in [0.1, 0.15) is 0 Å². The van der Waals surface area contributed by atoms with Crippen molar-refractivity contribution in [3.8, 4) is 0 Å². The van der Waals surface area contributed by atoms with Crippen LogP contribution in [0, 0.1) is 0 Å². The molecule has 0 unspecified atom stereocenters. The molecule has 1 aromatic heterocycles. The van der Waals surface area contributed by atoms with Gasteiger partial charge in [-0.05, 0) is 47.6 Å². The normalized spacial score (nSPS) is 12.2. The summed E-state index contributed by atoms with van der Waals surface area (Å²) in [5.74, 6) is 0. The Hall–Kier alpha value is 0.01000. The maximum Gasteiger partial charge on any atom is 0.279 e. The van der Waals surface area contributed by atoms with E-state index in [0.29, 0.717) is 13.1 Å². The second kappa shape index (κ2) is 8.33. The standard InChI is InChI=1S/C11H20BrN3O2S2/c1-3-13-7-4-8-15(2)19(16,17)14-9-10-5-6-11(12)18-10/h5-6,13-14H,3-4,7-9H2,1-2H3. The van der Waals surface area contributed by atoms with Gasteiger partial charge in [-0.1, -0.05) is 6.92 Å². The van der Waals surface area contributed by atoms with Gasteiger partial charge >= 0.3 is 0 Å². The second-order valence-corrected chi connectivity index (χ2v) is 8.47. The van der Waals surface area contributed by atoms with Crippen LogP contribution in [0.5, 0.6) is 0 Å². The lowest BCUT2D eigenvalue weighted by Crippen LogP contribution is -2.38. The molecule has 0 atom stereocenters. The lowest BCUT2D eigenvalue weighted by molar-refractivity contribution is 0.445. The minimum Gasteiger partial charge on any atom is -0.317 e. The highest BCUT2D eigenvalue weighted by Crippen LogP contribution is 2.21. The fourth-order valence-electron chi connectivity index (χ4n) is 1.44. The first-order valence-electron chi connectivity index (χ1n) is 6.11. The predicted octanol–water partition coefficient (Wildman–Crippen LogP) is 1.78. The topological polar surface area (TPSA) is 61.4 Å². The highest BCUT2D eigenvalue weighted by Gasteiger charge is 2.16. The SMILES string of the molecule is CCNCCCN(C)S(=O)(=O)NCc1ccc(Br)s1. The molecular weight excluding hydrogens is 350 g/mol. The summed E-state index contributed by atoms with van der Waals surface area (Å²) < 4.78 is 28.9. The average molecular weight is 370 g/mol. The Morgan fingerprint density at radius 1 is 1.42 bits per heavy atom. The molecule has 5 nitrogen and oxygen atoms in total. The zero-order chi connectivity index (χ0) is 14.3. The molecule has 0 aliphatic rings. The number of nitrogens with one attached hydrogen (secondary N) is 2. The number of rotatable bonds is 9. The summed E-state index contributed by atoms with van der Waals surface area (Å²) in [5.41, 5.74) is 0. The molecule has 0 aliphatic heterocycles. The molecule has 1 aromatic rings. The average Bonchev–Trinajstić information content (AvgIpc) is 2.78. The van der Waals surface area contributed by atoms with Gasteiger partial charge in [-0.25, -0.2) is 0 Å². The van der Waals surface area contributed by atoms with E-state index >= 15 is 0 Å². The second-order valence-electron chi connectivity index (χ2n) is 4.06. The predicted molar refractivity (Wildman–Crippen MR) is 83.6 cm³/mol. The summed E-state index contributed by atoms with van der Waals surface area (Å²) in [4.78, 5) is 0.983. The Labute approximate surface area is 127 Å². The summed E-state index contributed by atoms with van der Waals surface area (Å²) in [6.07, 6.45) is 0.801. The van der Waals surface area contributed by atoms with E-state index in [1.165, 1.54) is 15.6 Å².